The van der Waals surface area contributed by atoms with Crippen LogP contribution in [0, 0.1) is 6.92 Å². The van der Waals surface area contributed by atoms with Crippen LogP contribution in [0.25, 0.3) is 0 Å². The SMILES string of the molecule is C/C(=N\NC(=O)c1cccc(S(=O)(=O)N2CCOCC2)c1)c1cc(C)ccc1N. The van der Waals surface area contributed by atoms with Crippen LogP contribution in [-0.4, -0.2) is 50.6 Å². The predicted octanol–water partition coefficient (Wildman–Crippen LogP) is 1.75. The Hall–Kier alpha value is -2.75. The topological polar surface area (TPSA) is 114 Å². The van der Waals surface area contributed by atoms with Gasteiger partial charge in [0.1, 0.15) is 0 Å². The van der Waals surface area contributed by atoms with Crippen LogP contribution in [0.3, 0.4) is 0 Å². The number of carbonyl (C=O) groups excluding carboxylic acids is 1. The maximum Gasteiger partial charge on any atom is 0.271 e. The van der Waals surface area contributed by atoms with Gasteiger partial charge < -0.3 is 10.5 Å². The standard InChI is InChI=1S/C20H24N4O4S/c1-14-6-7-19(21)18(12-14)15(2)22-23-20(25)16-4-3-5-17(13-16)29(26,27)24-8-10-28-11-9-24/h3-7,12-13H,8-11,21H2,1-2H3,(H,23,25)/b22-15+. The third-order valence-corrected chi connectivity index (χ3v) is 6.52. The van der Waals surface area contributed by atoms with Crippen LogP contribution in [0.4, 0.5) is 5.69 Å². The number of hydrogen-bond acceptors (Lipinski definition) is 6. The maximum atomic E-state index is 12.8. The third kappa shape index (κ3) is 4.81. The van der Waals surface area contributed by atoms with Gasteiger partial charge in [0, 0.05) is 29.9 Å². The highest BCUT2D eigenvalue weighted by atomic mass is 32.2. The summed E-state index contributed by atoms with van der Waals surface area (Å²) in [6.07, 6.45) is 0. The van der Waals surface area contributed by atoms with Crippen LogP contribution in [-0.2, 0) is 14.8 Å². The van der Waals surface area contributed by atoms with E-state index in [4.69, 9.17) is 10.5 Å². The molecule has 29 heavy (non-hydrogen) atoms. The van der Waals surface area contributed by atoms with Crippen molar-refractivity contribution in [3.05, 3.63) is 59.2 Å². The van der Waals surface area contributed by atoms with Gasteiger partial charge in [0.05, 0.1) is 23.8 Å². The molecule has 9 heteroatoms. The summed E-state index contributed by atoms with van der Waals surface area (Å²) in [4.78, 5) is 12.6. The monoisotopic (exact) mass is 416 g/mol. The lowest BCUT2D eigenvalue weighted by Crippen LogP contribution is -2.40. The molecule has 0 saturated carbocycles. The Labute approximate surface area is 170 Å². The van der Waals surface area contributed by atoms with Crippen molar-refractivity contribution in [3.8, 4) is 0 Å². The highest BCUT2D eigenvalue weighted by molar-refractivity contribution is 7.89. The highest BCUT2D eigenvalue weighted by Crippen LogP contribution is 2.19. The third-order valence-electron chi connectivity index (χ3n) is 4.63. The molecule has 0 bridgehead atoms. The number of hydrogen-bond donors (Lipinski definition) is 2. The van der Waals surface area contributed by atoms with Crippen LogP contribution in [0.2, 0.25) is 0 Å². The maximum absolute atomic E-state index is 12.8. The fourth-order valence-corrected chi connectivity index (χ4v) is 4.43. The van der Waals surface area contributed by atoms with E-state index in [2.05, 4.69) is 10.5 Å². The fourth-order valence-electron chi connectivity index (χ4n) is 2.98. The Morgan fingerprint density at radius 1 is 1.17 bits per heavy atom. The number of morpholine rings is 1. The van der Waals surface area contributed by atoms with Gasteiger partial charge in [-0.15, -0.1) is 0 Å². The number of nitrogen functional groups attached to an aromatic ring is 1. The van der Waals surface area contributed by atoms with E-state index in [1.807, 2.05) is 19.1 Å². The first kappa shape index (κ1) is 21.0. The molecule has 1 amide bonds. The summed E-state index contributed by atoms with van der Waals surface area (Å²) in [6, 6.07) is 11.5. The van der Waals surface area contributed by atoms with Gasteiger partial charge in [-0.3, -0.25) is 4.79 Å². The Bertz CT molecular complexity index is 1040. The molecule has 1 aliphatic rings. The van der Waals surface area contributed by atoms with Crippen LogP contribution >= 0.6 is 0 Å². The van der Waals surface area contributed by atoms with Gasteiger partial charge in [0.15, 0.2) is 0 Å². The number of amides is 1. The molecule has 0 radical (unpaired) electrons. The average molecular weight is 417 g/mol. The molecule has 3 rings (SSSR count). The van der Waals surface area contributed by atoms with Gasteiger partial charge in [0.25, 0.3) is 5.91 Å². The molecular formula is C20H24N4O4S. The Kier molecular flexibility index (Phi) is 6.31. The van der Waals surface area contributed by atoms with E-state index in [0.717, 1.165) is 11.1 Å². The number of nitrogens with zero attached hydrogens (tertiary/aromatic N) is 2. The minimum atomic E-state index is -3.68. The van der Waals surface area contributed by atoms with E-state index < -0.39 is 15.9 Å². The van der Waals surface area contributed by atoms with Crippen molar-refractivity contribution in [2.45, 2.75) is 18.7 Å². The summed E-state index contributed by atoms with van der Waals surface area (Å²) in [6.45, 7) is 4.98. The number of anilines is 1. The molecule has 2 aromatic carbocycles. The second kappa shape index (κ2) is 8.73. The Balaban J connectivity index is 1.78. The number of benzene rings is 2. The van der Waals surface area contributed by atoms with E-state index in [0.29, 0.717) is 37.7 Å². The molecule has 1 fully saturated rings. The Morgan fingerprint density at radius 2 is 1.90 bits per heavy atom. The summed E-state index contributed by atoms with van der Waals surface area (Å²) in [5.74, 6) is -0.505. The molecular weight excluding hydrogens is 392 g/mol. The number of aryl methyl sites for hydroxylation is 1. The van der Waals surface area contributed by atoms with E-state index in [1.54, 1.807) is 19.1 Å². The molecule has 2 aromatic rings. The van der Waals surface area contributed by atoms with Gasteiger partial charge in [-0.2, -0.15) is 9.41 Å². The Morgan fingerprint density at radius 3 is 2.62 bits per heavy atom. The van der Waals surface area contributed by atoms with E-state index in [1.165, 1.54) is 22.5 Å². The van der Waals surface area contributed by atoms with Crippen molar-refractivity contribution < 1.29 is 17.9 Å². The summed E-state index contributed by atoms with van der Waals surface area (Å²) in [7, 11) is -3.68. The normalized spacial score (nSPS) is 15.9. The average Bonchev–Trinajstić information content (AvgIpc) is 2.74. The molecule has 0 spiro atoms. The number of hydrazone groups is 1. The molecule has 1 aliphatic heterocycles. The zero-order valence-electron chi connectivity index (χ0n) is 16.4. The molecule has 0 aromatic heterocycles. The lowest BCUT2D eigenvalue weighted by Gasteiger charge is -2.26. The summed E-state index contributed by atoms with van der Waals surface area (Å²) in [5, 5.41) is 4.12. The summed E-state index contributed by atoms with van der Waals surface area (Å²) >= 11 is 0. The highest BCUT2D eigenvalue weighted by Gasteiger charge is 2.26. The largest absolute Gasteiger partial charge is 0.398 e. The van der Waals surface area contributed by atoms with Crippen molar-refractivity contribution in [1.29, 1.82) is 0 Å². The van der Waals surface area contributed by atoms with Gasteiger partial charge in [0.2, 0.25) is 10.0 Å². The quantitative estimate of drug-likeness (QED) is 0.438. The first-order valence-corrected chi connectivity index (χ1v) is 10.6. The first-order valence-electron chi connectivity index (χ1n) is 9.18. The van der Waals surface area contributed by atoms with Crippen molar-refractivity contribution in [3.63, 3.8) is 0 Å². The summed E-state index contributed by atoms with van der Waals surface area (Å²) in [5.41, 5.74) is 11.5. The van der Waals surface area contributed by atoms with Crippen LogP contribution in [0.1, 0.15) is 28.4 Å². The second-order valence-corrected chi connectivity index (χ2v) is 8.71. The second-order valence-electron chi connectivity index (χ2n) is 6.77. The summed E-state index contributed by atoms with van der Waals surface area (Å²) < 4.78 is 32.1. The van der Waals surface area contributed by atoms with Crippen LogP contribution in [0.15, 0.2) is 52.5 Å². The van der Waals surface area contributed by atoms with Crippen LogP contribution < -0.4 is 11.2 Å². The molecule has 0 unspecified atom stereocenters. The number of ether oxygens (including phenoxy) is 1. The molecule has 0 atom stereocenters. The molecule has 3 N–H and O–H groups in total. The van der Waals surface area contributed by atoms with Crippen molar-refractivity contribution in [2.24, 2.45) is 5.10 Å². The lowest BCUT2D eigenvalue weighted by atomic mass is 10.1. The molecule has 1 heterocycles. The van der Waals surface area contributed by atoms with E-state index in [-0.39, 0.29) is 10.5 Å². The minimum Gasteiger partial charge on any atom is -0.398 e. The molecule has 154 valence electrons. The number of rotatable bonds is 5. The van der Waals surface area contributed by atoms with Crippen molar-refractivity contribution >= 4 is 27.3 Å². The smallest absolute Gasteiger partial charge is 0.271 e. The van der Waals surface area contributed by atoms with Crippen molar-refractivity contribution in [2.75, 3.05) is 32.0 Å². The van der Waals surface area contributed by atoms with Gasteiger partial charge >= 0.3 is 0 Å². The number of carbonyl (C=O) groups is 1. The number of nitrogens with one attached hydrogen (secondary N) is 1. The van der Waals surface area contributed by atoms with E-state index >= 15 is 0 Å². The number of nitrogens with two attached hydrogens (primary N) is 1. The van der Waals surface area contributed by atoms with E-state index in [9.17, 15) is 13.2 Å². The zero-order valence-corrected chi connectivity index (χ0v) is 17.2. The lowest BCUT2D eigenvalue weighted by molar-refractivity contribution is 0.0730. The minimum absolute atomic E-state index is 0.0654. The molecule has 8 nitrogen and oxygen atoms in total. The van der Waals surface area contributed by atoms with Gasteiger partial charge in [-0.25, -0.2) is 13.8 Å². The fraction of sp³-hybridized carbons (Fsp3) is 0.300. The van der Waals surface area contributed by atoms with Gasteiger partial charge in [-0.1, -0.05) is 17.7 Å². The first-order chi connectivity index (χ1) is 13.8. The van der Waals surface area contributed by atoms with Crippen molar-refractivity contribution in [1.82, 2.24) is 9.73 Å². The molecule has 1 saturated heterocycles. The zero-order chi connectivity index (χ0) is 21.0. The van der Waals surface area contributed by atoms with Gasteiger partial charge in [-0.05, 0) is 44.2 Å². The van der Waals surface area contributed by atoms with Crippen LogP contribution in [0.5, 0.6) is 0 Å². The number of sulfonamides is 1. The predicted molar refractivity (Wildman–Crippen MR) is 111 cm³/mol. The molecule has 0 aliphatic carbocycles.